The molecule has 0 bridgehead atoms. The number of rotatable bonds is 2. The third-order valence-electron chi connectivity index (χ3n) is 3.22. The Labute approximate surface area is 132 Å². The number of urea groups is 1. The van der Waals surface area contributed by atoms with Crippen LogP contribution >= 0.6 is 23.5 Å². The third-order valence-corrected chi connectivity index (χ3v) is 4.55. The lowest BCUT2D eigenvalue weighted by Crippen LogP contribution is -2.40. The maximum atomic E-state index is 12.5. The van der Waals surface area contributed by atoms with Gasteiger partial charge in [0.2, 0.25) is 0 Å². The molecule has 0 saturated carbocycles. The van der Waals surface area contributed by atoms with Crippen LogP contribution in [0.3, 0.4) is 0 Å². The molecule has 0 fully saturated rings. The molecule has 3 rings (SSSR count). The SMILES string of the molecule is COc1ccc2c(c1)N(C)C(=O)N(c1cccc(Cl)c1)S2. The highest BCUT2D eigenvalue weighted by molar-refractivity contribution is 8.01. The lowest BCUT2D eigenvalue weighted by molar-refractivity contribution is 0.255. The fourth-order valence-electron chi connectivity index (χ4n) is 2.11. The summed E-state index contributed by atoms with van der Waals surface area (Å²) in [6.07, 6.45) is 0. The van der Waals surface area contributed by atoms with E-state index < -0.39 is 0 Å². The summed E-state index contributed by atoms with van der Waals surface area (Å²) >= 11 is 7.39. The third kappa shape index (κ3) is 2.54. The number of benzene rings is 2. The Morgan fingerprint density at radius 1 is 1.19 bits per heavy atom. The van der Waals surface area contributed by atoms with Gasteiger partial charge in [0.1, 0.15) is 5.75 Å². The highest BCUT2D eigenvalue weighted by atomic mass is 35.5. The van der Waals surface area contributed by atoms with Crippen LogP contribution in [0.25, 0.3) is 0 Å². The summed E-state index contributed by atoms with van der Waals surface area (Å²) < 4.78 is 6.84. The van der Waals surface area contributed by atoms with E-state index in [0.29, 0.717) is 5.02 Å². The first-order chi connectivity index (χ1) is 10.1. The Kier molecular flexibility index (Phi) is 3.69. The average molecular weight is 321 g/mol. The van der Waals surface area contributed by atoms with Gasteiger partial charge in [0.15, 0.2) is 0 Å². The van der Waals surface area contributed by atoms with Crippen molar-refractivity contribution in [2.75, 3.05) is 23.4 Å². The van der Waals surface area contributed by atoms with Crippen molar-refractivity contribution in [2.24, 2.45) is 0 Å². The number of fused-ring (bicyclic) bond motifs is 1. The number of amides is 2. The van der Waals surface area contributed by atoms with Gasteiger partial charge in [0, 0.05) is 18.1 Å². The van der Waals surface area contributed by atoms with Crippen LogP contribution in [-0.2, 0) is 0 Å². The molecule has 0 atom stereocenters. The van der Waals surface area contributed by atoms with Crippen LogP contribution in [0.1, 0.15) is 0 Å². The van der Waals surface area contributed by atoms with Crippen LogP contribution < -0.4 is 13.9 Å². The Bertz CT molecular complexity index is 708. The highest BCUT2D eigenvalue weighted by Crippen LogP contribution is 2.42. The molecule has 2 aromatic carbocycles. The summed E-state index contributed by atoms with van der Waals surface area (Å²) in [6, 6.07) is 12.8. The molecule has 0 unspecified atom stereocenters. The van der Waals surface area contributed by atoms with Crippen molar-refractivity contribution < 1.29 is 9.53 Å². The number of hydrogen-bond acceptors (Lipinski definition) is 3. The van der Waals surface area contributed by atoms with Crippen molar-refractivity contribution in [3.8, 4) is 5.75 Å². The van der Waals surface area contributed by atoms with Crippen molar-refractivity contribution >= 4 is 41.0 Å². The monoisotopic (exact) mass is 320 g/mol. The Morgan fingerprint density at radius 2 is 2.00 bits per heavy atom. The molecule has 2 amide bonds. The predicted octanol–water partition coefficient (Wildman–Crippen LogP) is 4.43. The van der Waals surface area contributed by atoms with E-state index >= 15 is 0 Å². The van der Waals surface area contributed by atoms with Gasteiger partial charge in [-0.2, -0.15) is 0 Å². The van der Waals surface area contributed by atoms with Crippen LogP contribution in [0, 0.1) is 0 Å². The predicted molar refractivity (Wildman–Crippen MR) is 86.6 cm³/mol. The molecule has 108 valence electrons. The van der Waals surface area contributed by atoms with Gasteiger partial charge in [-0.3, -0.25) is 4.90 Å². The minimum absolute atomic E-state index is 0.122. The zero-order chi connectivity index (χ0) is 15.0. The summed E-state index contributed by atoms with van der Waals surface area (Å²) in [5, 5.41) is 0.601. The second-order valence-electron chi connectivity index (χ2n) is 4.54. The van der Waals surface area contributed by atoms with Gasteiger partial charge in [-0.25, -0.2) is 9.10 Å². The van der Waals surface area contributed by atoms with Gasteiger partial charge in [0.05, 0.1) is 23.4 Å². The Hall–Kier alpha value is -1.85. The van der Waals surface area contributed by atoms with E-state index in [2.05, 4.69) is 0 Å². The lowest BCUT2D eigenvalue weighted by atomic mass is 10.2. The quantitative estimate of drug-likeness (QED) is 0.767. The van der Waals surface area contributed by atoms with Gasteiger partial charge in [-0.05, 0) is 42.3 Å². The van der Waals surface area contributed by atoms with E-state index in [1.165, 1.54) is 11.9 Å². The standard InChI is InChI=1S/C15H13ClN2O2S/c1-17-13-9-12(20-2)6-7-14(13)21-18(15(17)19)11-5-3-4-10(16)8-11/h3-9H,1-2H3. The molecule has 1 aliphatic rings. The summed E-state index contributed by atoms with van der Waals surface area (Å²) in [5.41, 5.74) is 1.59. The number of ether oxygens (including phenoxy) is 1. The average Bonchev–Trinajstić information content (AvgIpc) is 2.50. The van der Waals surface area contributed by atoms with Gasteiger partial charge < -0.3 is 4.74 Å². The number of methoxy groups -OCH3 is 1. The van der Waals surface area contributed by atoms with Crippen LogP contribution in [0.5, 0.6) is 5.75 Å². The summed E-state index contributed by atoms with van der Waals surface area (Å²) in [5.74, 6) is 0.727. The number of carbonyl (C=O) groups is 1. The molecule has 6 heteroatoms. The summed E-state index contributed by atoms with van der Waals surface area (Å²) in [7, 11) is 3.36. The van der Waals surface area contributed by atoms with Crippen LogP contribution in [0.15, 0.2) is 47.4 Å². The fourth-order valence-corrected chi connectivity index (χ4v) is 3.32. The molecule has 2 aromatic rings. The minimum Gasteiger partial charge on any atom is -0.497 e. The molecule has 0 spiro atoms. The fraction of sp³-hybridized carbons (Fsp3) is 0.133. The number of hydrogen-bond donors (Lipinski definition) is 0. The molecular formula is C15H13ClN2O2S. The molecule has 0 radical (unpaired) electrons. The van der Waals surface area contributed by atoms with E-state index in [1.807, 2.05) is 30.3 Å². The maximum Gasteiger partial charge on any atom is 0.339 e. The molecule has 0 aliphatic carbocycles. The van der Waals surface area contributed by atoms with Crippen molar-refractivity contribution in [1.29, 1.82) is 0 Å². The molecule has 1 aliphatic heterocycles. The zero-order valence-corrected chi connectivity index (χ0v) is 13.1. The molecule has 0 N–H and O–H groups in total. The molecule has 4 nitrogen and oxygen atoms in total. The van der Waals surface area contributed by atoms with Gasteiger partial charge in [-0.1, -0.05) is 17.7 Å². The first-order valence-corrected chi connectivity index (χ1v) is 7.44. The van der Waals surface area contributed by atoms with Crippen LogP contribution in [0.4, 0.5) is 16.2 Å². The van der Waals surface area contributed by atoms with E-state index in [9.17, 15) is 4.79 Å². The van der Waals surface area contributed by atoms with E-state index in [-0.39, 0.29) is 6.03 Å². The number of nitrogens with zero attached hydrogens (tertiary/aromatic N) is 2. The maximum absolute atomic E-state index is 12.5. The van der Waals surface area contributed by atoms with Gasteiger partial charge in [-0.15, -0.1) is 0 Å². The first-order valence-electron chi connectivity index (χ1n) is 6.29. The zero-order valence-electron chi connectivity index (χ0n) is 11.5. The number of anilines is 2. The summed E-state index contributed by atoms with van der Waals surface area (Å²) in [4.78, 5) is 15.1. The van der Waals surface area contributed by atoms with Crippen molar-refractivity contribution in [3.05, 3.63) is 47.5 Å². The molecule has 1 heterocycles. The van der Waals surface area contributed by atoms with Crippen molar-refractivity contribution in [1.82, 2.24) is 0 Å². The Balaban J connectivity index is 2.02. The number of halogens is 1. The van der Waals surface area contributed by atoms with E-state index in [4.69, 9.17) is 16.3 Å². The largest absolute Gasteiger partial charge is 0.497 e. The highest BCUT2D eigenvalue weighted by Gasteiger charge is 2.30. The second-order valence-corrected chi connectivity index (χ2v) is 5.96. The minimum atomic E-state index is -0.122. The molecule has 0 aromatic heterocycles. The van der Waals surface area contributed by atoms with Gasteiger partial charge >= 0.3 is 6.03 Å². The molecule has 0 saturated heterocycles. The van der Waals surface area contributed by atoms with E-state index in [1.54, 1.807) is 35.5 Å². The van der Waals surface area contributed by atoms with Crippen molar-refractivity contribution in [3.63, 3.8) is 0 Å². The van der Waals surface area contributed by atoms with Crippen LogP contribution in [-0.4, -0.2) is 20.2 Å². The number of carbonyl (C=O) groups excluding carboxylic acids is 1. The first kappa shape index (κ1) is 14.1. The van der Waals surface area contributed by atoms with E-state index in [0.717, 1.165) is 22.0 Å². The smallest absolute Gasteiger partial charge is 0.339 e. The van der Waals surface area contributed by atoms with Crippen molar-refractivity contribution in [2.45, 2.75) is 4.90 Å². The second kappa shape index (κ2) is 5.50. The van der Waals surface area contributed by atoms with Gasteiger partial charge in [0.25, 0.3) is 0 Å². The van der Waals surface area contributed by atoms with Crippen LogP contribution in [0.2, 0.25) is 5.02 Å². The molecular weight excluding hydrogens is 308 g/mol. The lowest BCUT2D eigenvalue weighted by Gasteiger charge is -2.33. The summed E-state index contributed by atoms with van der Waals surface area (Å²) in [6.45, 7) is 0. The topological polar surface area (TPSA) is 32.8 Å². The molecule has 21 heavy (non-hydrogen) atoms. The normalized spacial score (nSPS) is 14.1. The Morgan fingerprint density at radius 3 is 2.71 bits per heavy atom.